The van der Waals surface area contributed by atoms with Crippen molar-refractivity contribution in [2.45, 2.75) is 19.3 Å². The zero-order chi connectivity index (χ0) is 21.1. The van der Waals surface area contributed by atoms with Crippen LogP contribution in [0.1, 0.15) is 35.2 Å². The molecule has 4 aromatic rings. The molecule has 0 aliphatic carbocycles. The SMILES string of the molecule is CC(CCNC(=O)c1cc(-c2ccn3nc(N)nc3c2)cnc1Cl)c1ccccc1. The fraction of sp³-hybridized carbons (Fsp3) is 0.182. The first kappa shape index (κ1) is 19.8. The van der Waals surface area contributed by atoms with Gasteiger partial charge < -0.3 is 11.1 Å². The van der Waals surface area contributed by atoms with Gasteiger partial charge in [-0.3, -0.25) is 4.79 Å². The van der Waals surface area contributed by atoms with Crippen LogP contribution < -0.4 is 11.1 Å². The number of hydrogen-bond donors (Lipinski definition) is 2. The molecule has 3 heterocycles. The second-order valence-electron chi connectivity index (χ2n) is 7.11. The van der Waals surface area contributed by atoms with Crippen molar-refractivity contribution in [3.8, 4) is 11.1 Å². The van der Waals surface area contributed by atoms with Crippen molar-refractivity contribution in [3.63, 3.8) is 0 Å². The molecule has 0 aliphatic rings. The third-order valence-corrected chi connectivity index (χ3v) is 5.30. The number of hydrogen-bond acceptors (Lipinski definition) is 5. The van der Waals surface area contributed by atoms with Crippen molar-refractivity contribution >= 4 is 29.1 Å². The highest BCUT2D eigenvalue weighted by atomic mass is 35.5. The smallest absolute Gasteiger partial charge is 0.254 e. The van der Waals surface area contributed by atoms with Crippen molar-refractivity contribution in [2.24, 2.45) is 0 Å². The Hall–Kier alpha value is -3.45. The van der Waals surface area contributed by atoms with E-state index in [4.69, 9.17) is 17.3 Å². The Kier molecular flexibility index (Phi) is 5.63. The molecule has 1 aromatic carbocycles. The van der Waals surface area contributed by atoms with Crippen LogP contribution >= 0.6 is 11.6 Å². The average Bonchev–Trinajstić information content (AvgIpc) is 3.13. The molecule has 3 aromatic heterocycles. The predicted molar refractivity (Wildman–Crippen MR) is 117 cm³/mol. The zero-order valence-corrected chi connectivity index (χ0v) is 17.2. The number of fused-ring (bicyclic) bond motifs is 1. The van der Waals surface area contributed by atoms with Crippen LogP contribution in [0.2, 0.25) is 5.15 Å². The van der Waals surface area contributed by atoms with E-state index in [0.717, 1.165) is 17.5 Å². The maximum absolute atomic E-state index is 12.7. The molecule has 152 valence electrons. The van der Waals surface area contributed by atoms with Gasteiger partial charge in [0.25, 0.3) is 5.91 Å². The second-order valence-corrected chi connectivity index (χ2v) is 7.46. The number of amides is 1. The van der Waals surface area contributed by atoms with E-state index in [0.29, 0.717) is 23.7 Å². The van der Waals surface area contributed by atoms with Crippen LogP contribution in [0, 0.1) is 0 Å². The van der Waals surface area contributed by atoms with Crippen LogP contribution in [0.4, 0.5) is 5.95 Å². The fourth-order valence-corrected chi connectivity index (χ4v) is 3.48. The molecule has 1 atom stereocenters. The fourth-order valence-electron chi connectivity index (χ4n) is 3.29. The van der Waals surface area contributed by atoms with Gasteiger partial charge in [0, 0.05) is 24.5 Å². The van der Waals surface area contributed by atoms with Gasteiger partial charge >= 0.3 is 0 Å². The van der Waals surface area contributed by atoms with Gasteiger partial charge in [0.1, 0.15) is 5.15 Å². The lowest BCUT2D eigenvalue weighted by molar-refractivity contribution is 0.0952. The molecule has 4 rings (SSSR count). The summed E-state index contributed by atoms with van der Waals surface area (Å²) in [4.78, 5) is 21.1. The van der Waals surface area contributed by atoms with Gasteiger partial charge in [-0.15, -0.1) is 5.10 Å². The molecule has 30 heavy (non-hydrogen) atoms. The number of nitrogens with zero attached hydrogens (tertiary/aromatic N) is 4. The standard InChI is InChI=1S/C22H21ClN6O/c1-14(15-5-3-2-4-6-15)7-9-25-21(30)18-11-17(13-26-20(18)23)16-8-10-29-19(12-16)27-22(24)28-29/h2-6,8,10-14H,7,9H2,1H3,(H2,24,28)(H,25,30). The summed E-state index contributed by atoms with van der Waals surface area (Å²) >= 11 is 6.20. The molecule has 8 heteroatoms. The molecule has 0 fully saturated rings. The molecule has 0 saturated heterocycles. The van der Waals surface area contributed by atoms with Gasteiger partial charge in [0.2, 0.25) is 5.95 Å². The summed E-state index contributed by atoms with van der Waals surface area (Å²) in [6, 6.07) is 15.6. The number of carbonyl (C=O) groups is 1. The lowest BCUT2D eigenvalue weighted by Gasteiger charge is -2.13. The third kappa shape index (κ3) is 4.26. The molecule has 0 saturated carbocycles. The minimum Gasteiger partial charge on any atom is -0.366 e. The summed E-state index contributed by atoms with van der Waals surface area (Å²) in [5.41, 5.74) is 9.43. The summed E-state index contributed by atoms with van der Waals surface area (Å²) in [5, 5.41) is 7.17. The van der Waals surface area contributed by atoms with Crippen LogP contribution in [0.3, 0.4) is 0 Å². The number of rotatable bonds is 6. The molecule has 0 spiro atoms. The summed E-state index contributed by atoms with van der Waals surface area (Å²) in [5.74, 6) is 0.294. The van der Waals surface area contributed by atoms with Crippen molar-refractivity contribution < 1.29 is 4.79 Å². The van der Waals surface area contributed by atoms with Crippen LogP contribution in [-0.4, -0.2) is 32.0 Å². The molecule has 1 amide bonds. The largest absolute Gasteiger partial charge is 0.366 e. The Morgan fingerprint density at radius 3 is 2.80 bits per heavy atom. The second kappa shape index (κ2) is 8.51. The molecular weight excluding hydrogens is 400 g/mol. The van der Waals surface area contributed by atoms with E-state index in [9.17, 15) is 4.79 Å². The van der Waals surface area contributed by atoms with Gasteiger partial charge in [-0.2, -0.15) is 4.98 Å². The Morgan fingerprint density at radius 2 is 2.00 bits per heavy atom. The summed E-state index contributed by atoms with van der Waals surface area (Å²) in [7, 11) is 0. The van der Waals surface area contributed by atoms with Crippen molar-refractivity contribution in [1.82, 2.24) is 24.9 Å². The third-order valence-electron chi connectivity index (χ3n) is 5.00. The highest BCUT2D eigenvalue weighted by molar-refractivity contribution is 6.32. The van der Waals surface area contributed by atoms with Crippen LogP contribution in [0.5, 0.6) is 0 Å². The Morgan fingerprint density at radius 1 is 1.20 bits per heavy atom. The number of pyridine rings is 2. The van der Waals surface area contributed by atoms with Crippen LogP contribution in [0.15, 0.2) is 60.9 Å². The van der Waals surface area contributed by atoms with E-state index in [2.05, 4.69) is 39.4 Å². The Bertz CT molecular complexity index is 1190. The molecule has 0 bridgehead atoms. The molecule has 1 unspecified atom stereocenters. The highest BCUT2D eigenvalue weighted by Gasteiger charge is 2.14. The number of carbonyl (C=O) groups excluding carboxylic acids is 1. The first-order chi connectivity index (χ1) is 14.5. The summed E-state index contributed by atoms with van der Waals surface area (Å²) in [6.07, 6.45) is 4.21. The van der Waals surface area contributed by atoms with Crippen molar-refractivity contribution in [1.29, 1.82) is 0 Å². The molecule has 7 nitrogen and oxygen atoms in total. The molecule has 0 radical (unpaired) electrons. The van der Waals surface area contributed by atoms with Crippen molar-refractivity contribution in [2.75, 3.05) is 12.3 Å². The molecular formula is C22H21ClN6O. The minimum atomic E-state index is -0.248. The number of halogens is 1. The lowest BCUT2D eigenvalue weighted by atomic mass is 9.98. The Labute approximate surface area is 178 Å². The average molecular weight is 421 g/mol. The summed E-state index contributed by atoms with van der Waals surface area (Å²) < 4.78 is 1.59. The summed E-state index contributed by atoms with van der Waals surface area (Å²) in [6.45, 7) is 2.68. The number of nitrogens with one attached hydrogen (secondary N) is 1. The van der Waals surface area contributed by atoms with E-state index in [1.807, 2.05) is 30.3 Å². The van der Waals surface area contributed by atoms with E-state index in [-0.39, 0.29) is 17.0 Å². The van der Waals surface area contributed by atoms with E-state index < -0.39 is 0 Å². The number of anilines is 1. The van der Waals surface area contributed by atoms with Crippen LogP contribution in [0.25, 0.3) is 16.8 Å². The van der Waals surface area contributed by atoms with Gasteiger partial charge in [-0.25, -0.2) is 9.50 Å². The minimum absolute atomic E-state index is 0.167. The topological polar surface area (TPSA) is 98.2 Å². The number of nitrogen functional groups attached to an aromatic ring is 1. The first-order valence-electron chi connectivity index (χ1n) is 9.62. The monoisotopic (exact) mass is 420 g/mol. The van der Waals surface area contributed by atoms with Gasteiger partial charge in [0.15, 0.2) is 5.65 Å². The Balaban J connectivity index is 1.47. The van der Waals surface area contributed by atoms with E-state index >= 15 is 0 Å². The van der Waals surface area contributed by atoms with Gasteiger partial charge in [0.05, 0.1) is 5.56 Å². The van der Waals surface area contributed by atoms with Gasteiger partial charge in [-0.1, -0.05) is 48.9 Å². The number of nitrogens with two attached hydrogens (primary N) is 1. The number of aromatic nitrogens is 4. The van der Waals surface area contributed by atoms with Crippen molar-refractivity contribution in [3.05, 3.63) is 77.2 Å². The van der Waals surface area contributed by atoms with E-state index in [1.54, 1.807) is 23.0 Å². The predicted octanol–water partition coefficient (Wildman–Crippen LogP) is 3.95. The lowest BCUT2D eigenvalue weighted by Crippen LogP contribution is -2.26. The van der Waals surface area contributed by atoms with E-state index in [1.165, 1.54) is 5.56 Å². The first-order valence-corrected chi connectivity index (χ1v) is 10.00. The molecule has 0 aliphatic heterocycles. The molecule has 3 N–H and O–H groups in total. The number of benzene rings is 1. The normalized spacial score (nSPS) is 12.1. The van der Waals surface area contributed by atoms with Gasteiger partial charge in [-0.05, 0) is 41.7 Å². The highest BCUT2D eigenvalue weighted by Crippen LogP contribution is 2.24. The van der Waals surface area contributed by atoms with Crippen LogP contribution in [-0.2, 0) is 0 Å². The maximum atomic E-state index is 12.7. The quantitative estimate of drug-likeness (QED) is 0.460. The maximum Gasteiger partial charge on any atom is 0.254 e. The zero-order valence-electron chi connectivity index (χ0n) is 16.4.